The van der Waals surface area contributed by atoms with Crippen molar-refractivity contribution in [3.63, 3.8) is 0 Å². The summed E-state index contributed by atoms with van der Waals surface area (Å²) in [5, 5.41) is 1.71. The lowest BCUT2D eigenvalue weighted by Gasteiger charge is -2.16. The molecular weight excluding hydrogens is 354 g/mol. The number of sulfone groups is 1. The van der Waals surface area contributed by atoms with Gasteiger partial charge in [0.05, 0.1) is 23.0 Å². The van der Waals surface area contributed by atoms with Crippen LogP contribution in [0.4, 0.5) is 0 Å². The molecule has 2 aromatic heterocycles. The molecule has 0 saturated carbocycles. The Labute approximate surface area is 150 Å². The molecule has 5 rings (SSSR count). The molecule has 2 atom stereocenters. The van der Waals surface area contributed by atoms with Crippen LogP contribution in [-0.4, -0.2) is 31.7 Å². The third-order valence-corrected chi connectivity index (χ3v) is 8.40. The molecule has 0 spiro atoms. The number of thiophene rings is 1. The van der Waals surface area contributed by atoms with Gasteiger partial charge in [0.15, 0.2) is 9.84 Å². The van der Waals surface area contributed by atoms with E-state index in [4.69, 9.17) is 4.42 Å². The van der Waals surface area contributed by atoms with E-state index in [1.54, 1.807) is 23.7 Å². The van der Waals surface area contributed by atoms with Gasteiger partial charge >= 0.3 is 0 Å². The van der Waals surface area contributed by atoms with E-state index < -0.39 is 9.84 Å². The second kappa shape index (κ2) is 5.56. The largest absolute Gasteiger partial charge is 0.468 e. The minimum Gasteiger partial charge on any atom is -0.468 e. The van der Waals surface area contributed by atoms with Crippen LogP contribution in [-0.2, 0) is 16.4 Å². The van der Waals surface area contributed by atoms with E-state index in [0.29, 0.717) is 18.0 Å². The van der Waals surface area contributed by atoms with E-state index in [0.717, 1.165) is 23.4 Å². The van der Waals surface area contributed by atoms with Crippen molar-refractivity contribution >= 4 is 21.2 Å². The summed E-state index contributed by atoms with van der Waals surface area (Å²) in [5.74, 6) is 0.930. The molecule has 0 radical (unpaired) electrons. The number of hydrogen-bond acceptors (Lipinski definition) is 5. The standard InChI is InChI=1S/C19H17NO3S2/c21-25(22)18-6-5-13(17-4-2-8-24-17)9-15(18)16-11-20(12-19(16)25)10-14-3-1-7-23-14/h1-9,16,19H,10-12H2/t16-,19+/m1/s1. The first-order valence-electron chi connectivity index (χ1n) is 8.29. The Balaban J connectivity index is 1.51. The fourth-order valence-corrected chi connectivity index (χ4v) is 6.99. The molecule has 3 aromatic rings. The fourth-order valence-electron chi connectivity index (χ4n) is 4.07. The Bertz CT molecular complexity index is 1010. The van der Waals surface area contributed by atoms with E-state index >= 15 is 0 Å². The van der Waals surface area contributed by atoms with Crippen LogP contribution in [0, 0.1) is 0 Å². The topological polar surface area (TPSA) is 50.5 Å². The maximum Gasteiger partial charge on any atom is 0.183 e. The normalized spacial score (nSPS) is 24.3. The van der Waals surface area contributed by atoms with Crippen molar-refractivity contribution in [2.24, 2.45) is 0 Å². The zero-order valence-electron chi connectivity index (χ0n) is 13.5. The van der Waals surface area contributed by atoms with Crippen molar-refractivity contribution in [1.29, 1.82) is 0 Å². The van der Waals surface area contributed by atoms with Crippen LogP contribution in [0.2, 0.25) is 0 Å². The highest BCUT2D eigenvalue weighted by atomic mass is 32.2. The predicted molar refractivity (Wildman–Crippen MR) is 97.5 cm³/mol. The monoisotopic (exact) mass is 371 g/mol. The molecule has 4 heterocycles. The van der Waals surface area contributed by atoms with Crippen molar-refractivity contribution < 1.29 is 12.8 Å². The molecular formula is C19H17NO3S2. The molecule has 1 aromatic carbocycles. The van der Waals surface area contributed by atoms with Gasteiger partial charge in [-0.15, -0.1) is 11.3 Å². The Morgan fingerprint density at radius 3 is 2.84 bits per heavy atom. The molecule has 128 valence electrons. The second-order valence-corrected chi connectivity index (χ2v) is 9.78. The highest BCUT2D eigenvalue weighted by Gasteiger charge is 2.50. The third kappa shape index (κ3) is 2.39. The minimum absolute atomic E-state index is 0.0508. The molecule has 0 N–H and O–H groups in total. The van der Waals surface area contributed by atoms with E-state index in [-0.39, 0.29) is 11.2 Å². The number of hydrogen-bond donors (Lipinski definition) is 0. The van der Waals surface area contributed by atoms with Gasteiger partial charge in [0.25, 0.3) is 0 Å². The molecule has 1 saturated heterocycles. The lowest BCUT2D eigenvalue weighted by molar-refractivity contribution is 0.293. The number of nitrogens with zero attached hydrogens (tertiary/aromatic N) is 1. The highest BCUT2D eigenvalue weighted by Crippen LogP contribution is 2.46. The summed E-state index contributed by atoms with van der Waals surface area (Å²) in [7, 11) is -3.25. The first kappa shape index (κ1) is 15.4. The van der Waals surface area contributed by atoms with E-state index in [2.05, 4.69) is 17.0 Å². The molecule has 2 aliphatic rings. The Morgan fingerprint density at radius 1 is 1.16 bits per heavy atom. The summed E-state index contributed by atoms with van der Waals surface area (Å²) in [6.45, 7) is 1.98. The molecule has 2 aliphatic heterocycles. The number of furan rings is 1. The molecule has 6 heteroatoms. The zero-order chi connectivity index (χ0) is 17.0. The van der Waals surface area contributed by atoms with Gasteiger partial charge in [-0.2, -0.15) is 0 Å². The maximum atomic E-state index is 13.0. The highest BCUT2D eigenvalue weighted by molar-refractivity contribution is 7.92. The summed E-state index contributed by atoms with van der Waals surface area (Å²) in [5.41, 5.74) is 2.09. The Hall–Kier alpha value is -1.89. The minimum atomic E-state index is -3.25. The molecule has 4 nitrogen and oxygen atoms in total. The van der Waals surface area contributed by atoms with Gasteiger partial charge in [-0.25, -0.2) is 8.42 Å². The van der Waals surface area contributed by atoms with E-state index in [9.17, 15) is 8.42 Å². The smallest absolute Gasteiger partial charge is 0.183 e. The number of rotatable bonds is 3. The zero-order valence-corrected chi connectivity index (χ0v) is 15.1. The van der Waals surface area contributed by atoms with Gasteiger partial charge in [0.2, 0.25) is 0 Å². The molecule has 0 unspecified atom stereocenters. The van der Waals surface area contributed by atoms with Crippen LogP contribution in [0.15, 0.2) is 63.4 Å². The van der Waals surface area contributed by atoms with Crippen LogP contribution in [0.1, 0.15) is 17.2 Å². The molecule has 0 amide bonds. The molecule has 25 heavy (non-hydrogen) atoms. The van der Waals surface area contributed by atoms with Gasteiger partial charge in [0, 0.05) is 23.9 Å². The van der Waals surface area contributed by atoms with E-state index in [1.807, 2.05) is 29.6 Å². The van der Waals surface area contributed by atoms with Gasteiger partial charge in [-0.1, -0.05) is 12.1 Å². The van der Waals surface area contributed by atoms with Gasteiger partial charge < -0.3 is 4.42 Å². The van der Waals surface area contributed by atoms with E-state index in [1.165, 1.54) is 4.88 Å². The lowest BCUT2D eigenvalue weighted by Crippen LogP contribution is -2.25. The van der Waals surface area contributed by atoms with Crippen LogP contribution in [0.3, 0.4) is 0 Å². The number of benzene rings is 1. The number of fused-ring (bicyclic) bond motifs is 3. The van der Waals surface area contributed by atoms with Gasteiger partial charge in [-0.3, -0.25) is 4.90 Å². The molecule has 1 fully saturated rings. The average Bonchev–Trinajstić information content (AvgIpc) is 3.37. The third-order valence-electron chi connectivity index (χ3n) is 5.22. The predicted octanol–water partition coefficient (Wildman–Crippen LogP) is 3.76. The van der Waals surface area contributed by atoms with Crippen molar-refractivity contribution in [1.82, 2.24) is 4.90 Å². The summed E-state index contributed by atoms with van der Waals surface area (Å²) < 4.78 is 31.3. The quantitative estimate of drug-likeness (QED) is 0.703. The first-order chi connectivity index (χ1) is 12.1. The second-order valence-electron chi connectivity index (χ2n) is 6.69. The van der Waals surface area contributed by atoms with Crippen LogP contribution >= 0.6 is 11.3 Å². The first-order valence-corrected chi connectivity index (χ1v) is 10.7. The molecule has 0 aliphatic carbocycles. The van der Waals surface area contributed by atoms with Crippen LogP contribution in [0.25, 0.3) is 10.4 Å². The molecule has 0 bridgehead atoms. The van der Waals surface area contributed by atoms with Crippen LogP contribution in [0.5, 0.6) is 0 Å². The van der Waals surface area contributed by atoms with Gasteiger partial charge in [-0.05, 0) is 46.8 Å². The summed E-state index contributed by atoms with van der Waals surface area (Å²) in [6.07, 6.45) is 1.66. The van der Waals surface area contributed by atoms with Gasteiger partial charge in [0.1, 0.15) is 5.76 Å². The fraction of sp³-hybridized carbons (Fsp3) is 0.263. The van der Waals surface area contributed by atoms with Crippen LogP contribution < -0.4 is 0 Å². The van der Waals surface area contributed by atoms with Crippen molar-refractivity contribution in [3.05, 3.63) is 65.4 Å². The lowest BCUT2D eigenvalue weighted by atomic mass is 9.96. The summed E-state index contributed by atoms with van der Waals surface area (Å²) in [6, 6.07) is 13.7. The Kier molecular flexibility index (Phi) is 3.42. The average molecular weight is 371 g/mol. The van der Waals surface area contributed by atoms with Crippen molar-refractivity contribution in [3.8, 4) is 10.4 Å². The summed E-state index contributed by atoms with van der Waals surface area (Å²) >= 11 is 1.68. The number of likely N-dealkylation sites (tertiary alicyclic amines) is 1. The summed E-state index contributed by atoms with van der Waals surface area (Å²) in [4.78, 5) is 3.89. The SMILES string of the molecule is O=S1(=O)c2ccc(-c3cccs3)cc2[C@H]2CN(Cc3ccco3)C[C@@H]21. The Morgan fingerprint density at radius 2 is 2.08 bits per heavy atom. The maximum absolute atomic E-state index is 13.0. The van der Waals surface area contributed by atoms with Crippen molar-refractivity contribution in [2.75, 3.05) is 13.1 Å². The van der Waals surface area contributed by atoms with Crippen molar-refractivity contribution in [2.45, 2.75) is 22.6 Å².